The topological polar surface area (TPSA) is 6.48 Å². The van der Waals surface area contributed by atoms with Gasteiger partial charge in [0.1, 0.15) is 0 Å². The van der Waals surface area contributed by atoms with Crippen LogP contribution in [0.3, 0.4) is 0 Å². The summed E-state index contributed by atoms with van der Waals surface area (Å²) in [5.74, 6) is 2.13. The Morgan fingerprint density at radius 1 is 0.188 bits per heavy atom. The number of nitrogens with zero attached hydrogens (tertiary/aromatic N) is 2. The van der Waals surface area contributed by atoms with Gasteiger partial charge in [0, 0.05) is 44.3 Å². The molecule has 630 valence electrons. The Bertz CT molecular complexity index is 6190. The van der Waals surface area contributed by atoms with Crippen LogP contribution in [0.1, 0.15) is 195 Å². The number of rotatable bonds is 20. The number of allylic oxidation sites excluding steroid dienone is 4. The Labute approximate surface area is 758 Å². The fraction of sp³-hybridized carbons (Fsp3) is 0.222. The highest BCUT2D eigenvalue weighted by Gasteiger charge is 2.31. The second-order valence-corrected chi connectivity index (χ2v) is 37.7. The molecular weight excluding hydrogens is 1540 g/mol. The molecule has 128 heavy (non-hydrogen) atoms. The van der Waals surface area contributed by atoms with E-state index in [1.807, 2.05) is 0 Å². The first-order chi connectivity index (χ1) is 63.1. The Morgan fingerprint density at radius 2 is 0.352 bits per heavy atom. The minimum absolute atomic E-state index is 0.533. The molecule has 4 saturated carbocycles. The van der Waals surface area contributed by atoms with Crippen LogP contribution < -0.4 is 9.80 Å². The summed E-state index contributed by atoms with van der Waals surface area (Å²) in [6.45, 7) is 8.81. The maximum absolute atomic E-state index is 2.58. The molecule has 21 rings (SSSR count). The molecule has 2 nitrogen and oxygen atoms in total. The van der Waals surface area contributed by atoms with Gasteiger partial charge < -0.3 is 9.80 Å². The van der Waals surface area contributed by atoms with Crippen LogP contribution in [0.25, 0.3) is 133 Å². The van der Waals surface area contributed by atoms with Gasteiger partial charge in [-0.3, -0.25) is 0 Å². The van der Waals surface area contributed by atoms with Gasteiger partial charge in [-0.25, -0.2) is 0 Å². The fourth-order valence-electron chi connectivity index (χ4n) is 22.7. The second kappa shape index (κ2) is 36.7. The van der Waals surface area contributed by atoms with E-state index in [0.717, 1.165) is 22.7 Å². The van der Waals surface area contributed by atoms with E-state index in [0.29, 0.717) is 23.7 Å². The van der Waals surface area contributed by atoms with Crippen LogP contribution in [0.2, 0.25) is 0 Å². The van der Waals surface area contributed by atoms with Crippen molar-refractivity contribution in [2.24, 2.45) is 23.7 Å². The predicted octanol–water partition coefficient (Wildman–Crippen LogP) is 36.6. The summed E-state index contributed by atoms with van der Waals surface area (Å²) >= 11 is 0. The number of benzene rings is 17. The first-order valence-electron chi connectivity index (χ1n) is 48.1. The standard InChI is InChI=1S/C126H116N2/c1-85-49-65-97(66-50-85)117(93-29-9-5-10-30-93)81-89-57-73-101(74-58-89)127(102-75-59-90(60-76-102)82-118(94-31-11-6-12-32-94)98-67-51-86(2)52-68-98)125-113-45-25-21-41-109(113)123(110-42-22-26-46-114(110)125)121-105-37-17-19-39-107(105)122(108-40-20-18-38-106(108)121)124-111-43-23-27-47-115(111)126(116-48-28-24-44-112(116)124)128(103-77-61-91(62-78-103)83-119(95-33-13-7-14-34-95)99-69-53-87(3)54-70-99)104-79-63-92(64-80-104)84-120(96-35-15-8-16-36-96)100-71-55-88(4)56-72-100/h17-28,37-84,93-96H,5-16,29-36H2,1-4H3/b117-81-,118-82-,119-83-,120-84-. The number of hydrogen-bond donors (Lipinski definition) is 0. The van der Waals surface area contributed by atoms with Crippen LogP contribution in [0.15, 0.2) is 340 Å². The van der Waals surface area contributed by atoms with E-state index in [4.69, 9.17) is 0 Å². The fourth-order valence-corrected chi connectivity index (χ4v) is 22.7. The predicted molar refractivity (Wildman–Crippen MR) is 554 cm³/mol. The zero-order chi connectivity index (χ0) is 86.0. The molecule has 0 spiro atoms. The number of fused-ring (bicyclic) bond motifs is 6. The molecule has 0 aromatic heterocycles. The molecular formula is C126H116N2. The quantitative estimate of drug-likeness (QED) is 0.0554. The molecule has 0 N–H and O–H groups in total. The van der Waals surface area contributed by atoms with Crippen LogP contribution in [0, 0.1) is 51.4 Å². The van der Waals surface area contributed by atoms with Gasteiger partial charge in [-0.1, -0.05) is 415 Å². The summed E-state index contributed by atoms with van der Waals surface area (Å²) < 4.78 is 0. The molecule has 2 heteroatoms. The van der Waals surface area contributed by atoms with Gasteiger partial charge in [0.25, 0.3) is 0 Å². The highest BCUT2D eigenvalue weighted by molar-refractivity contribution is 6.34. The van der Waals surface area contributed by atoms with Crippen molar-refractivity contribution in [2.75, 3.05) is 9.80 Å². The van der Waals surface area contributed by atoms with E-state index in [2.05, 4.69) is 402 Å². The van der Waals surface area contributed by atoms with Crippen molar-refractivity contribution in [1.82, 2.24) is 0 Å². The third-order valence-electron chi connectivity index (χ3n) is 29.3. The minimum atomic E-state index is 0.533. The van der Waals surface area contributed by atoms with Crippen LogP contribution in [0.4, 0.5) is 34.1 Å². The first-order valence-corrected chi connectivity index (χ1v) is 48.1. The lowest BCUT2D eigenvalue weighted by Crippen LogP contribution is -2.12. The molecule has 4 aliphatic carbocycles. The molecule has 4 fully saturated rings. The number of hydrogen-bond acceptors (Lipinski definition) is 2. The van der Waals surface area contributed by atoms with E-state index in [-0.39, 0.29) is 0 Å². The Morgan fingerprint density at radius 3 is 0.531 bits per heavy atom. The molecule has 17 aromatic rings. The molecule has 0 saturated heterocycles. The largest absolute Gasteiger partial charge is 0.309 e. The van der Waals surface area contributed by atoms with E-state index in [1.54, 1.807) is 0 Å². The number of anilines is 6. The zero-order valence-electron chi connectivity index (χ0n) is 75.0. The molecule has 4 aliphatic rings. The molecule has 17 aromatic carbocycles. The van der Waals surface area contributed by atoms with E-state index in [9.17, 15) is 0 Å². The maximum atomic E-state index is 2.58. The van der Waals surface area contributed by atoms with Crippen molar-refractivity contribution in [1.29, 1.82) is 0 Å². The molecule has 0 atom stereocenters. The molecule has 0 unspecified atom stereocenters. The van der Waals surface area contributed by atoms with Crippen molar-refractivity contribution in [3.63, 3.8) is 0 Å². The van der Waals surface area contributed by atoms with Gasteiger partial charge in [0.2, 0.25) is 0 Å². The zero-order valence-corrected chi connectivity index (χ0v) is 75.0. The van der Waals surface area contributed by atoms with Gasteiger partial charge in [-0.05, 0) is 283 Å². The Balaban J connectivity index is 0.741. The smallest absolute Gasteiger partial charge is 0.0618 e. The van der Waals surface area contributed by atoms with Crippen LogP contribution in [0.5, 0.6) is 0 Å². The lowest BCUT2D eigenvalue weighted by molar-refractivity contribution is 0.430. The summed E-state index contributed by atoms with van der Waals surface area (Å²) in [5, 5.41) is 14.5. The third kappa shape index (κ3) is 16.5. The lowest BCUT2D eigenvalue weighted by atomic mass is 9.80. The third-order valence-corrected chi connectivity index (χ3v) is 29.3. The highest BCUT2D eigenvalue weighted by Crippen LogP contribution is 2.57. The molecule has 0 heterocycles. The highest BCUT2D eigenvalue weighted by atomic mass is 15.2. The van der Waals surface area contributed by atoms with Crippen molar-refractivity contribution < 1.29 is 0 Å². The average Bonchev–Trinajstić information content (AvgIpc) is 0.699. The SMILES string of the molecule is Cc1ccc(/C(=C\c2ccc(N(c3ccc(/C=C(\c4ccc(C)cc4)C4CCCCC4)cc3)c3c4ccccc4c(-c4c5ccccc5c(-c5c6ccccc6c(N(c6ccc(/C=C(\c7ccc(C)cc7)C7CCCCC7)cc6)c6ccc(/C=C(\c7ccc(C)cc7)C7CCCCC7)cc6)c6ccccc56)c5ccccc45)c4ccccc34)cc2)C2CCCCC2)cc1. The van der Waals surface area contributed by atoms with Gasteiger partial charge in [0.05, 0.1) is 11.4 Å². The van der Waals surface area contributed by atoms with Crippen molar-refractivity contribution in [3.8, 4) is 22.3 Å². The van der Waals surface area contributed by atoms with Crippen molar-refractivity contribution in [2.45, 2.75) is 156 Å². The Kier molecular flexibility index (Phi) is 23.5. The van der Waals surface area contributed by atoms with Crippen molar-refractivity contribution >= 4 is 145 Å². The van der Waals surface area contributed by atoms with Crippen LogP contribution in [-0.4, -0.2) is 0 Å². The van der Waals surface area contributed by atoms with Gasteiger partial charge >= 0.3 is 0 Å². The summed E-state index contributed by atoms with van der Waals surface area (Å²) in [6.07, 6.45) is 35.4. The first kappa shape index (κ1) is 81.9. The van der Waals surface area contributed by atoms with E-state index >= 15 is 0 Å². The molecule has 0 radical (unpaired) electrons. The summed E-state index contributed by atoms with van der Waals surface area (Å²) in [7, 11) is 0. The second-order valence-electron chi connectivity index (χ2n) is 37.7. The maximum Gasteiger partial charge on any atom is 0.0618 e. The van der Waals surface area contributed by atoms with Gasteiger partial charge in [0.15, 0.2) is 0 Å². The van der Waals surface area contributed by atoms with Gasteiger partial charge in [-0.2, -0.15) is 0 Å². The lowest BCUT2D eigenvalue weighted by Gasteiger charge is -2.31. The van der Waals surface area contributed by atoms with Crippen molar-refractivity contribution in [3.05, 3.63) is 406 Å². The monoisotopic (exact) mass is 1660 g/mol. The summed E-state index contributed by atoms with van der Waals surface area (Å²) in [4.78, 5) is 5.17. The Hall–Kier alpha value is -13.1. The van der Waals surface area contributed by atoms with E-state index in [1.165, 1.54) is 316 Å². The van der Waals surface area contributed by atoms with Gasteiger partial charge in [-0.15, -0.1) is 0 Å². The van der Waals surface area contributed by atoms with E-state index < -0.39 is 0 Å². The molecule has 0 amide bonds. The average molecular weight is 1660 g/mol. The normalized spacial score (nSPS) is 15.7. The molecule has 0 bridgehead atoms. The summed E-state index contributed by atoms with van der Waals surface area (Å²) in [6, 6.07) is 132. The minimum Gasteiger partial charge on any atom is -0.309 e. The van der Waals surface area contributed by atoms with Crippen LogP contribution in [-0.2, 0) is 0 Å². The van der Waals surface area contributed by atoms with Crippen LogP contribution >= 0.6 is 0 Å². The summed E-state index contributed by atoms with van der Waals surface area (Å²) in [5.41, 5.74) is 33.1. The number of aryl methyl sites for hydroxylation is 4. The molecule has 0 aliphatic heterocycles.